The summed E-state index contributed by atoms with van der Waals surface area (Å²) < 4.78 is 27.5. The Bertz CT molecular complexity index is 855. The van der Waals surface area contributed by atoms with Gasteiger partial charge >= 0.3 is 7.82 Å². The molecular weight excluding hydrogens is 333 g/mol. The monoisotopic (exact) mass is 349 g/mol. The maximum atomic E-state index is 12.7. The molecule has 0 saturated heterocycles. The first kappa shape index (κ1) is 16.8. The zero-order chi connectivity index (χ0) is 17.3. The Hall–Kier alpha value is -2.05. The van der Waals surface area contributed by atoms with Gasteiger partial charge in [0.15, 0.2) is 0 Å². The Morgan fingerprint density at radius 3 is 2.29 bits per heavy atom. The molecular formula is C16H16NO6P. The first-order valence-corrected chi connectivity index (χ1v) is 8.96. The van der Waals surface area contributed by atoms with E-state index >= 15 is 0 Å². The van der Waals surface area contributed by atoms with E-state index < -0.39 is 19.6 Å². The smallest absolute Gasteiger partial charge is 0.286 e. The number of nitrogens with zero attached hydrogens (tertiary/aromatic N) is 1. The molecule has 0 bridgehead atoms. The van der Waals surface area contributed by atoms with E-state index in [4.69, 9.17) is 13.7 Å². The van der Waals surface area contributed by atoms with Gasteiger partial charge in [0.1, 0.15) is 0 Å². The zero-order valence-electron chi connectivity index (χ0n) is 13.2. The highest BCUT2D eigenvalue weighted by atomic mass is 31.2. The number of benzene rings is 2. The lowest BCUT2D eigenvalue weighted by molar-refractivity contribution is -0.0413. The summed E-state index contributed by atoms with van der Waals surface area (Å²) in [4.78, 5) is 25.1. The van der Waals surface area contributed by atoms with E-state index in [1.54, 1.807) is 38.1 Å². The molecule has 1 aliphatic rings. The molecule has 2 aromatic carbocycles. The van der Waals surface area contributed by atoms with E-state index in [9.17, 15) is 14.2 Å². The summed E-state index contributed by atoms with van der Waals surface area (Å²) in [5, 5.41) is 1.91. The molecule has 24 heavy (non-hydrogen) atoms. The second-order valence-corrected chi connectivity index (χ2v) is 6.55. The van der Waals surface area contributed by atoms with Gasteiger partial charge in [-0.1, -0.05) is 30.3 Å². The number of imide groups is 1. The van der Waals surface area contributed by atoms with Crippen LogP contribution < -0.4 is 0 Å². The number of carbonyl (C=O) groups is 2. The van der Waals surface area contributed by atoms with Crippen LogP contribution in [0.2, 0.25) is 0 Å². The van der Waals surface area contributed by atoms with Gasteiger partial charge in [0, 0.05) is 0 Å². The van der Waals surface area contributed by atoms with E-state index in [1.807, 2.05) is 12.1 Å². The number of hydroxylamine groups is 2. The molecule has 2 amide bonds. The van der Waals surface area contributed by atoms with Crippen molar-refractivity contribution >= 4 is 30.4 Å². The van der Waals surface area contributed by atoms with Crippen LogP contribution >= 0.6 is 7.82 Å². The Morgan fingerprint density at radius 2 is 1.62 bits per heavy atom. The summed E-state index contributed by atoms with van der Waals surface area (Å²) in [5.41, 5.74) is 0.413. The maximum Gasteiger partial charge on any atom is 0.496 e. The Kier molecular flexibility index (Phi) is 4.51. The quantitative estimate of drug-likeness (QED) is 0.586. The molecule has 0 unspecified atom stereocenters. The predicted octanol–water partition coefficient (Wildman–Crippen LogP) is 3.55. The molecule has 0 atom stereocenters. The minimum Gasteiger partial charge on any atom is -0.286 e. The molecule has 0 fully saturated rings. The van der Waals surface area contributed by atoms with Crippen LogP contribution in [-0.2, 0) is 18.2 Å². The summed E-state index contributed by atoms with van der Waals surface area (Å²) in [6.45, 7) is 3.29. The van der Waals surface area contributed by atoms with Crippen LogP contribution in [0.5, 0.6) is 0 Å². The van der Waals surface area contributed by atoms with Gasteiger partial charge < -0.3 is 0 Å². The Morgan fingerprint density at radius 1 is 0.958 bits per heavy atom. The average molecular weight is 349 g/mol. The van der Waals surface area contributed by atoms with Gasteiger partial charge in [0.25, 0.3) is 11.8 Å². The first-order valence-electron chi connectivity index (χ1n) is 7.50. The minimum atomic E-state index is -4.05. The molecule has 2 aromatic rings. The van der Waals surface area contributed by atoms with Crippen molar-refractivity contribution in [2.24, 2.45) is 0 Å². The van der Waals surface area contributed by atoms with Crippen molar-refractivity contribution in [2.75, 3.05) is 13.2 Å². The van der Waals surface area contributed by atoms with Crippen LogP contribution in [0.1, 0.15) is 34.6 Å². The van der Waals surface area contributed by atoms with Crippen LogP contribution in [-0.4, -0.2) is 30.1 Å². The summed E-state index contributed by atoms with van der Waals surface area (Å²) in [7, 11) is -4.05. The van der Waals surface area contributed by atoms with Gasteiger partial charge in [-0.25, -0.2) is 4.57 Å². The number of hydrogen-bond donors (Lipinski definition) is 0. The lowest BCUT2D eigenvalue weighted by Gasteiger charge is -2.20. The van der Waals surface area contributed by atoms with Crippen LogP contribution in [0.4, 0.5) is 0 Å². The third-order valence-electron chi connectivity index (χ3n) is 3.50. The van der Waals surface area contributed by atoms with E-state index in [0.29, 0.717) is 10.4 Å². The largest absolute Gasteiger partial charge is 0.496 e. The number of hydrogen-bond acceptors (Lipinski definition) is 6. The van der Waals surface area contributed by atoms with Crippen LogP contribution in [0.15, 0.2) is 36.4 Å². The van der Waals surface area contributed by atoms with Crippen molar-refractivity contribution in [2.45, 2.75) is 13.8 Å². The van der Waals surface area contributed by atoms with Crippen LogP contribution in [0.25, 0.3) is 10.8 Å². The highest BCUT2D eigenvalue weighted by molar-refractivity contribution is 7.48. The van der Waals surface area contributed by atoms with E-state index in [0.717, 1.165) is 5.39 Å². The zero-order valence-corrected chi connectivity index (χ0v) is 14.1. The highest BCUT2D eigenvalue weighted by Crippen LogP contribution is 2.51. The van der Waals surface area contributed by atoms with Crippen molar-refractivity contribution in [3.05, 3.63) is 47.5 Å². The molecule has 0 spiro atoms. The number of phosphoric acid groups is 1. The number of carbonyl (C=O) groups excluding carboxylic acids is 2. The standard InChI is InChI=1S/C16H16NO6P/c1-3-21-24(20,22-4-2)23-17-15(18)13-10-9-11-7-5-6-8-12(11)14(13)16(17)19/h5-10H,3-4H2,1-2H3. The second-order valence-electron chi connectivity index (χ2n) is 4.98. The molecule has 8 heteroatoms. The Labute approximate surface area is 138 Å². The summed E-state index contributed by atoms with van der Waals surface area (Å²) in [5.74, 6) is -1.38. The third kappa shape index (κ3) is 2.76. The van der Waals surface area contributed by atoms with Gasteiger partial charge in [0.2, 0.25) is 0 Å². The minimum absolute atomic E-state index is 0.0450. The molecule has 0 aromatic heterocycles. The van der Waals surface area contributed by atoms with Gasteiger partial charge in [-0.05, 0) is 30.7 Å². The lowest BCUT2D eigenvalue weighted by Crippen LogP contribution is -2.29. The van der Waals surface area contributed by atoms with E-state index in [-0.39, 0.29) is 24.3 Å². The fourth-order valence-electron chi connectivity index (χ4n) is 2.56. The van der Waals surface area contributed by atoms with E-state index in [1.165, 1.54) is 0 Å². The number of rotatable bonds is 6. The van der Waals surface area contributed by atoms with Crippen molar-refractivity contribution in [3.63, 3.8) is 0 Å². The Balaban J connectivity index is 2.01. The molecule has 7 nitrogen and oxygen atoms in total. The summed E-state index contributed by atoms with van der Waals surface area (Å²) in [6.07, 6.45) is 0. The van der Waals surface area contributed by atoms with Crippen molar-refractivity contribution in [3.8, 4) is 0 Å². The normalized spacial score (nSPS) is 14.5. The fourth-order valence-corrected chi connectivity index (χ4v) is 3.71. The lowest BCUT2D eigenvalue weighted by atomic mass is 10.0. The number of fused-ring (bicyclic) bond motifs is 3. The fraction of sp³-hybridized carbons (Fsp3) is 0.250. The molecule has 0 radical (unpaired) electrons. The number of amides is 2. The van der Waals surface area contributed by atoms with Crippen molar-refractivity contribution in [1.82, 2.24) is 5.06 Å². The summed E-state index contributed by atoms with van der Waals surface area (Å²) in [6, 6.07) is 10.5. The van der Waals surface area contributed by atoms with E-state index in [2.05, 4.69) is 0 Å². The second kappa shape index (κ2) is 6.45. The first-order chi connectivity index (χ1) is 11.5. The van der Waals surface area contributed by atoms with Gasteiger partial charge in [0.05, 0.1) is 24.3 Å². The topological polar surface area (TPSA) is 82.1 Å². The van der Waals surface area contributed by atoms with Crippen LogP contribution in [0.3, 0.4) is 0 Å². The van der Waals surface area contributed by atoms with Gasteiger partial charge in [-0.15, -0.1) is 5.06 Å². The number of phosphoric ester groups is 1. The molecule has 3 rings (SSSR count). The summed E-state index contributed by atoms with van der Waals surface area (Å²) >= 11 is 0. The molecule has 1 aliphatic heterocycles. The van der Waals surface area contributed by atoms with Crippen LogP contribution in [0, 0.1) is 0 Å². The molecule has 0 aliphatic carbocycles. The highest BCUT2D eigenvalue weighted by Gasteiger charge is 2.43. The predicted molar refractivity (Wildman–Crippen MR) is 86.4 cm³/mol. The molecule has 126 valence electrons. The average Bonchev–Trinajstić information content (AvgIpc) is 2.80. The van der Waals surface area contributed by atoms with Crippen molar-refractivity contribution < 1.29 is 27.8 Å². The maximum absolute atomic E-state index is 12.7. The third-order valence-corrected chi connectivity index (χ3v) is 5.01. The SMILES string of the molecule is CCOP(=O)(OCC)ON1C(=O)c2ccc3ccccc3c2C1=O. The van der Waals surface area contributed by atoms with Crippen molar-refractivity contribution in [1.29, 1.82) is 0 Å². The van der Waals surface area contributed by atoms with Gasteiger partial charge in [-0.2, -0.15) is 4.62 Å². The molecule has 0 N–H and O–H groups in total. The molecule has 1 heterocycles. The molecule has 0 saturated carbocycles. The van der Waals surface area contributed by atoms with Gasteiger partial charge in [-0.3, -0.25) is 18.6 Å².